The van der Waals surface area contributed by atoms with Crippen molar-refractivity contribution >= 4 is 11.0 Å². The molecule has 0 radical (unpaired) electrons. The third kappa shape index (κ3) is 5.42. The second kappa shape index (κ2) is 11.9. The summed E-state index contributed by atoms with van der Waals surface area (Å²) in [7, 11) is 0. The summed E-state index contributed by atoms with van der Waals surface area (Å²) >= 11 is 0. The summed E-state index contributed by atoms with van der Waals surface area (Å²) in [5.41, 5.74) is 11.2. The zero-order valence-corrected chi connectivity index (χ0v) is 24.7. The molecule has 40 heavy (non-hydrogen) atoms. The number of hydrogen-bond acceptors (Lipinski definition) is 5. The van der Waals surface area contributed by atoms with E-state index >= 15 is 0 Å². The maximum Gasteiger partial charge on any atom is 0.205 e. The van der Waals surface area contributed by atoms with Crippen LogP contribution < -0.4 is 5.73 Å². The van der Waals surface area contributed by atoms with Crippen LogP contribution in [0.2, 0.25) is 0 Å². The molecule has 2 unspecified atom stereocenters. The molecule has 6 heteroatoms. The van der Waals surface area contributed by atoms with Gasteiger partial charge >= 0.3 is 0 Å². The van der Waals surface area contributed by atoms with Gasteiger partial charge in [0.2, 0.25) is 5.88 Å². The third-order valence-corrected chi connectivity index (χ3v) is 7.67. The molecule has 0 spiro atoms. The molecule has 0 saturated carbocycles. The molecule has 2 atom stereocenters. The molecule has 2 aromatic heterocycles. The molecule has 6 nitrogen and oxygen atoms in total. The molecule has 3 heterocycles. The van der Waals surface area contributed by atoms with E-state index < -0.39 is 5.41 Å². The number of imidazole rings is 1. The maximum atomic E-state index is 10.3. The monoisotopic (exact) mass is 536 g/mol. The highest BCUT2D eigenvalue weighted by Gasteiger charge is 2.44. The molecule has 0 saturated heterocycles. The molecule has 1 aliphatic rings. The summed E-state index contributed by atoms with van der Waals surface area (Å²) in [6.07, 6.45) is 7.24. The van der Waals surface area contributed by atoms with Gasteiger partial charge in [0, 0.05) is 29.4 Å². The minimum absolute atomic E-state index is 0.156. The Hall–Kier alpha value is -4.24. The molecule has 0 amide bonds. The van der Waals surface area contributed by atoms with Crippen molar-refractivity contribution in [3.63, 3.8) is 0 Å². The molecule has 0 aliphatic carbocycles. The summed E-state index contributed by atoms with van der Waals surface area (Å²) in [6.45, 7) is 14.7. The highest BCUT2D eigenvalue weighted by molar-refractivity contribution is 5.79. The number of hydrogen-bond donors (Lipinski definition) is 1. The first-order valence-corrected chi connectivity index (χ1v) is 14.1. The molecule has 1 aliphatic heterocycles. The standard InChI is InChI=1S/C32H34N4O2.C2H6/c1-20(2)12-13-32(5,28-17-24-16-21(3)6-11-27(24)38-28)30-22(4)37-31(34)26(18-33)29(30)23-7-9-25(10-8-23)36-15-14-35-19-36;1-2/h6-11,14-17,19-20,29H,12-13,34H2,1-5H3;1-2H3. The number of nitrogens with zero attached hydrogens (tertiary/aromatic N) is 3. The SMILES string of the molecule is CC.CC1=C(C(C)(CCC(C)C)c2cc3cc(C)ccc3o2)C(c2ccc(-n3ccnc3)cc2)C(C#N)=C(N)O1. The molecule has 208 valence electrons. The Morgan fingerprint density at radius 3 is 2.45 bits per heavy atom. The van der Waals surface area contributed by atoms with E-state index in [9.17, 15) is 5.26 Å². The largest absolute Gasteiger partial charge is 0.460 e. The smallest absolute Gasteiger partial charge is 0.205 e. The fraction of sp³-hybridized carbons (Fsp3) is 0.353. The maximum absolute atomic E-state index is 10.3. The number of nitrogens with two attached hydrogens (primary N) is 1. The molecule has 2 aromatic carbocycles. The van der Waals surface area contributed by atoms with Crippen LogP contribution in [0.1, 0.15) is 77.2 Å². The second-order valence-electron chi connectivity index (χ2n) is 10.9. The van der Waals surface area contributed by atoms with E-state index in [4.69, 9.17) is 14.9 Å². The number of aromatic nitrogens is 2. The van der Waals surface area contributed by atoms with E-state index in [-0.39, 0.29) is 11.8 Å². The lowest BCUT2D eigenvalue weighted by atomic mass is 9.66. The molecule has 4 aromatic rings. The predicted molar refractivity (Wildman–Crippen MR) is 161 cm³/mol. The van der Waals surface area contributed by atoms with Gasteiger partial charge in [0.05, 0.1) is 11.7 Å². The Kier molecular flexibility index (Phi) is 8.54. The summed E-state index contributed by atoms with van der Waals surface area (Å²) in [4.78, 5) is 4.15. The fourth-order valence-electron chi connectivity index (χ4n) is 5.58. The number of nitriles is 1. The Labute approximate surface area is 237 Å². The van der Waals surface area contributed by atoms with Crippen molar-refractivity contribution in [1.29, 1.82) is 5.26 Å². The molecule has 0 fully saturated rings. The van der Waals surface area contributed by atoms with Crippen molar-refractivity contribution in [2.24, 2.45) is 11.7 Å². The Bertz CT molecular complexity index is 1570. The van der Waals surface area contributed by atoms with E-state index in [0.717, 1.165) is 46.4 Å². The lowest BCUT2D eigenvalue weighted by Crippen LogP contribution is -2.34. The number of allylic oxidation sites excluding steroid dienone is 3. The Morgan fingerprint density at radius 2 is 1.82 bits per heavy atom. The van der Waals surface area contributed by atoms with Crippen LogP contribution in [0.15, 0.2) is 94.5 Å². The van der Waals surface area contributed by atoms with Crippen LogP contribution in [0.4, 0.5) is 0 Å². The Morgan fingerprint density at radius 1 is 1.10 bits per heavy atom. The van der Waals surface area contributed by atoms with Gasteiger partial charge < -0.3 is 19.5 Å². The van der Waals surface area contributed by atoms with Crippen LogP contribution in [0, 0.1) is 24.2 Å². The zero-order chi connectivity index (χ0) is 29.0. The Balaban J connectivity index is 0.00000181. The van der Waals surface area contributed by atoms with Crippen molar-refractivity contribution in [1.82, 2.24) is 9.55 Å². The number of benzene rings is 2. The van der Waals surface area contributed by atoms with Gasteiger partial charge in [-0.1, -0.05) is 51.5 Å². The van der Waals surface area contributed by atoms with Crippen LogP contribution in [0.25, 0.3) is 16.7 Å². The number of furan rings is 1. The molecule has 5 rings (SSSR count). The van der Waals surface area contributed by atoms with Crippen LogP contribution in [-0.2, 0) is 10.2 Å². The summed E-state index contributed by atoms with van der Waals surface area (Å²) in [5, 5.41) is 11.3. The normalized spacial score (nSPS) is 16.8. The minimum atomic E-state index is -0.530. The van der Waals surface area contributed by atoms with E-state index in [0.29, 0.717) is 17.3 Å². The van der Waals surface area contributed by atoms with Crippen molar-refractivity contribution in [2.45, 2.75) is 72.6 Å². The zero-order valence-electron chi connectivity index (χ0n) is 24.7. The average molecular weight is 537 g/mol. The number of ether oxygens (including phenoxy) is 1. The van der Waals surface area contributed by atoms with Crippen LogP contribution in [0.3, 0.4) is 0 Å². The van der Waals surface area contributed by atoms with Gasteiger partial charge in [-0.3, -0.25) is 0 Å². The van der Waals surface area contributed by atoms with Gasteiger partial charge in [0.1, 0.15) is 28.7 Å². The van der Waals surface area contributed by atoms with Gasteiger partial charge in [-0.25, -0.2) is 4.98 Å². The first-order chi connectivity index (χ1) is 19.2. The van der Waals surface area contributed by atoms with Crippen molar-refractivity contribution in [3.05, 3.63) is 107 Å². The van der Waals surface area contributed by atoms with Gasteiger partial charge in [0.25, 0.3) is 0 Å². The minimum Gasteiger partial charge on any atom is -0.460 e. The highest BCUT2D eigenvalue weighted by Crippen LogP contribution is 2.51. The van der Waals surface area contributed by atoms with Crippen molar-refractivity contribution in [3.8, 4) is 11.8 Å². The lowest BCUT2D eigenvalue weighted by molar-refractivity contribution is 0.255. The van der Waals surface area contributed by atoms with Crippen LogP contribution in [-0.4, -0.2) is 9.55 Å². The van der Waals surface area contributed by atoms with Crippen molar-refractivity contribution in [2.75, 3.05) is 0 Å². The number of aryl methyl sites for hydroxylation is 1. The predicted octanol–water partition coefficient (Wildman–Crippen LogP) is 8.43. The first-order valence-electron chi connectivity index (χ1n) is 14.1. The number of rotatable bonds is 7. The topological polar surface area (TPSA) is 90.0 Å². The van der Waals surface area contributed by atoms with Gasteiger partial charge in [-0.15, -0.1) is 0 Å². The quantitative estimate of drug-likeness (QED) is 0.256. The highest BCUT2D eigenvalue weighted by atomic mass is 16.5. The van der Waals surface area contributed by atoms with Crippen LogP contribution >= 0.6 is 0 Å². The van der Waals surface area contributed by atoms with E-state index in [1.165, 1.54) is 5.56 Å². The lowest BCUT2D eigenvalue weighted by Gasteiger charge is -2.39. The second-order valence-corrected chi connectivity index (χ2v) is 10.9. The van der Waals surface area contributed by atoms with E-state index in [2.05, 4.69) is 69.1 Å². The van der Waals surface area contributed by atoms with Gasteiger partial charge in [-0.05, 0) is 81.0 Å². The van der Waals surface area contributed by atoms with Gasteiger partial charge in [-0.2, -0.15) is 5.26 Å². The first kappa shape index (κ1) is 28.8. The summed E-state index contributed by atoms with van der Waals surface area (Å²) in [5.74, 6) is 1.87. The molecule has 0 bridgehead atoms. The number of fused-ring (bicyclic) bond motifs is 1. The van der Waals surface area contributed by atoms with E-state index in [1.807, 2.05) is 49.7 Å². The average Bonchev–Trinajstić information content (AvgIpc) is 3.63. The third-order valence-electron chi connectivity index (χ3n) is 7.67. The van der Waals surface area contributed by atoms with Gasteiger partial charge in [0.15, 0.2) is 0 Å². The molecular weight excluding hydrogens is 496 g/mol. The molecule has 2 N–H and O–H groups in total. The molecular formula is C34H40N4O2. The fourth-order valence-corrected chi connectivity index (χ4v) is 5.58. The van der Waals surface area contributed by atoms with Crippen LogP contribution in [0.5, 0.6) is 0 Å². The van der Waals surface area contributed by atoms with Crippen molar-refractivity contribution < 1.29 is 9.15 Å². The summed E-state index contributed by atoms with van der Waals surface area (Å²) < 4.78 is 14.6. The van der Waals surface area contributed by atoms with E-state index in [1.54, 1.807) is 12.5 Å². The summed E-state index contributed by atoms with van der Waals surface area (Å²) in [6, 6.07) is 19.0.